The van der Waals surface area contributed by atoms with E-state index in [4.69, 9.17) is 9.47 Å². The molecular weight excluding hydrogens is 192 g/mol. The SMILES string of the molecule is O=C1CCC[C@]2(CCCO2)[C@]12CCCO2. The lowest BCUT2D eigenvalue weighted by Crippen LogP contribution is -2.61. The number of hydrogen-bond donors (Lipinski definition) is 0. The number of fused-ring (bicyclic) bond motifs is 1. The molecule has 0 aromatic heterocycles. The summed E-state index contributed by atoms with van der Waals surface area (Å²) in [5, 5.41) is 0. The van der Waals surface area contributed by atoms with E-state index in [1.165, 1.54) is 0 Å². The van der Waals surface area contributed by atoms with E-state index in [0.29, 0.717) is 12.2 Å². The summed E-state index contributed by atoms with van der Waals surface area (Å²) in [5.74, 6) is 0.299. The Morgan fingerprint density at radius 1 is 0.933 bits per heavy atom. The molecule has 84 valence electrons. The summed E-state index contributed by atoms with van der Waals surface area (Å²) in [7, 11) is 0. The van der Waals surface area contributed by atoms with Crippen LogP contribution in [0.5, 0.6) is 0 Å². The summed E-state index contributed by atoms with van der Waals surface area (Å²) in [5.41, 5.74) is -0.805. The zero-order chi connectivity index (χ0) is 10.4. The first-order chi connectivity index (χ1) is 7.29. The van der Waals surface area contributed by atoms with Crippen molar-refractivity contribution >= 4 is 5.78 Å². The number of hydrogen-bond acceptors (Lipinski definition) is 3. The Kier molecular flexibility index (Phi) is 2.15. The van der Waals surface area contributed by atoms with Gasteiger partial charge in [-0.2, -0.15) is 0 Å². The Morgan fingerprint density at radius 3 is 2.33 bits per heavy atom. The van der Waals surface area contributed by atoms with Crippen LogP contribution in [0.1, 0.15) is 44.9 Å². The molecule has 1 saturated carbocycles. The van der Waals surface area contributed by atoms with Crippen molar-refractivity contribution in [1.29, 1.82) is 0 Å². The molecule has 3 aliphatic rings. The van der Waals surface area contributed by atoms with E-state index in [9.17, 15) is 4.79 Å². The third-order valence-corrected chi connectivity index (χ3v) is 4.30. The molecule has 2 saturated heterocycles. The lowest BCUT2D eigenvalue weighted by atomic mass is 9.68. The van der Waals surface area contributed by atoms with E-state index in [0.717, 1.165) is 51.7 Å². The van der Waals surface area contributed by atoms with E-state index in [-0.39, 0.29) is 5.60 Å². The normalized spacial score (nSPS) is 45.7. The second kappa shape index (κ2) is 3.29. The van der Waals surface area contributed by atoms with Crippen LogP contribution in [0.4, 0.5) is 0 Å². The van der Waals surface area contributed by atoms with Gasteiger partial charge in [-0.05, 0) is 38.5 Å². The first-order valence-electron chi connectivity index (χ1n) is 6.10. The van der Waals surface area contributed by atoms with E-state index in [2.05, 4.69) is 0 Å². The highest BCUT2D eigenvalue weighted by Gasteiger charge is 2.62. The quantitative estimate of drug-likeness (QED) is 0.612. The standard InChI is InChI=1S/C12H18O3/c13-10-4-1-5-11(6-2-8-14-11)12(10)7-3-9-15-12/h1-9H2/t11-,12-/m0/s1. The minimum Gasteiger partial charge on any atom is -0.371 e. The molecule has 2 heterocycles. The molecule has 1 aliphatic carbocycles. The summed E-state index contributed by atoms with van der Waals surface area (Å²) in [6.07, 6.45) is 6.66. The van der Waals surface area contributed by atoms with Gasteiger partial charge in [0.25, 0.3) is 0 Å². The maximum atomic E-state index is 12.2. The van der Waals surface area contributed by atoms with Crippen molar-refractivity contribution in [1.82, 2.24) is 0 Å². The highest BCUT2D eigenvalue weighted by molar-refractivity contribution is 5.90. The highest BCUT2D eigenvalue weighted by atomic mass is 16.6. The Hall–Kier alpha value is -0.410. The van der Waals surface area contributed by atoms with E-state index >= 15 is 0 Å². The minimum absolute atomic E-state index is 0.251. The Morgan fingerprint density at radius 2 is 1.67 bits per heavy atom. The summed E-state index contributed by atoms with van der Waals surface area (Å²) >= 11 is 0. The van der Waals surface area contributed by atoms with Gasteiger partial charge in [-0.15, -0.1) is 0 Å². The molecule has 0 aromatic rings. The van der Waals surface area contributed by atoms with Crippen LogP contribution < -0.4 is 0 Å². The molecule has 0 bridgehead atoms. The predicted molar refractivity (Wildman–Crippen MR) is 54.7 cm³/mol. The van der Waals surface area contributed by atoms with E-state index < -0.39 is 5.60 Å². The molecule has 3 heteroatoms. The third kappa shape index (κ3) is 1.16. The monoisotopic (exact) mass is 210 g/mol. The fourth-order valence-electron chi connectivity index (χ4n) is 3.62. The van der Waals surface area contributed by atoms with Gasteiger partial charge in [-0.3, -0.25) is 4.79 Å². The van der Waals surface area contributed by atoms with Crippen molar-refractivity contribution in [2.75, 3.05) is 13.2 Å². The number of carbonyl (C=O) groups is 1. The first-order valence-corrected chi connectivity index (χ1v) is 6.10. The van der Waals surface area contributed by atoms with Gasteiger partial charge >= 0.3 is 0 Å². The van der Waals surface area contributed by atoms with Gasteiger partial charge in [0.2, 0.25) is 0 Å². The van der Waals surface area contributed by atoms with Crippen LogP contribution in [0.15, 0.2) is 0 Å². The smallest absolute Gasteiger partial charge is 0.167 e. The topological polar surface area (TPSA) is 35.5 Å². The van der Waals surface area contributed by atoms with E-state index in [1.54, 1.807) is 0 Å². The average molecular weight is 210 g/mol. The van der Waals surface area contributed by atoms with Crippen molar-refractivity contribution in [2.45, 2.75) is 56.1 Å². The fraction of sp³-hybridized carbons (Fsp3) is 0.917. The molecule has 3 rings (SSSR count). The Balaban J connectivity index is 2.00. The number of carbonyl (C=O) groups excluding carboxylic acids is 1. The van der Waals surface area contributed by atoms with Crippen LogP contribution in [0.25, 0.3) is 0 Å². The maximum absolute atomic E-state index is 12.2. The first kappa shape index (κ1) is 9.79. The van der Waals surface area contributed by atoms with Gasteiger partial charge < -0.3 is 9.47 Å². The lowest BCUT2D eigenvalue weighted by Gasteiger charge is -2.46. The lowest BCUT2D eigenvalue weighted by molar-refractivity contribution is -0.191. The van der Waals surface area contributed by atoms with Crippen LogP contribution in [0, 0.1) is 0 Å². The highest BCUT2D eigenvalue weighted by Crippen LogP contribution is 2.50. The number of Topliss-reactive ketones (excluding diaryl/α,β-unsaturated/α-hetero) is 1. The predicted octanol–water partition coefficient (Wildman–Crippen LogP) is 1.84. The van der Waals surface area contributed by atoms with Gasteiger partial charge in [0.1, 0.15) is 5.60 Å². The second-order valence-corrected chi connectivity index (χ2v) is 5.00. The molecule has 0 radical (unpaired) electrons. The number of ketones is 1. The minimum atomic E-state index is -0.554. The van der Waals surface area contributed by atoms with Crippen LogP contribution >= 0.6 is 0 Å². The molecule has 2 atom stereocenters. The molecule has 0 aromatic carbocycles. The Labute approximate surface area is 90.1 Å². The van der Waals surface area contributed by atoms with Gasteiger partial charge in [0.15, 0.2) is 11.4 Å². The van der Waals surface area contributed by atoms with Crippen molar-refractivity contribution in [2.24, 2.45) is 0 Å². The third-order valence-electron chi connectivity index (χ3n) is 4.30. The molecule has 0 unspecified atom stereocenters. The Bertz CT molecular complexity index is 273. The van der Waals surface area contributed by atoms with Crippen LogP contribution in [0.2, 0.25) is 0 Å². The molecular formula is C12H18O3. The number of ether oxygens (including phenoxy) is 2. The molecule has 0 N–H and O–H groups in total. The van der Waals surface area contributed by atoms with Gasteiger partial charge in [-0.25, -0.2) is 0 Å². The van der Waals surface area contributed by atoms with Crippen LogP contribution in [-0.4, -0.2) is 30.2 Å². The van der Waals surface area contributed by atoms with Crippen molar-refractivity contribution in [3.05, 3.63) is 0 Å². The zero-order valence-corrected chi connectivity index (χ0v) is 9.09. The summed E-state index contributed by atoms with van der Waals surface area (Å²) < 4.78 is 11.8. The molecule has 15 heavy (non-hydrogen) atoms. The average Bonchev–Trinajstić information content (AvgIpc) is 2.84. The fourth-order valence-corrected chi connectivity index (χ4v) is 3.62. The van der Waals surface area contributed by atoms with Crippen LogP contribution in [0.3, 0.4) is 0 Å². The summed E-state index contributed by atoms with van der Waals surface area (Å²) in [6, 6.07) is 0. The van der Waals surface area contributed by atoms with Crippen molar-refractivity contribution in [3.63, 3.8) is 0 Å². The summed E-state index contributed by atoms with van der Waals surface area (Å²) in [6.45, 7) is 1.54. The molecule has 2 spiro atoms. The van der Waals surface area contributed by atoms with Crippen molar-refractivity contribution < 1.29 is 14.3 Å². The second-order valence-electron chi connectivity index (χ2n) is 5.00. The van der Waals surface area contributed by atoms with E-state index in [1.807, 2.05) is 0 Å². The van der Waals surface area contributed by atoms with Gasteiger partial charge in [-0.1, -0.05) is 0 Å². The largest absolute Gasteiger partial charge is 0.371 e. The molecule has 3 fully saturated rings. The molecule has 2 aliphatic heterocycles. The van der Waals surface area contributed by atoms with Crippen molar-refractivity contribution in [3.8, 4) is 0 Å². The van der Waals surface area contributed by atoms with Crippen LogP contribution in [-0.2, 0) is 14.3 Å². The van der Waals surface area contributed by atoms with Gasteiger partial charge in [0, 0.05) is 19.6 Å². The zero-order valence-electron chi connectivity index (χ0n) is 9.09. The molecule has 0 amide bonds. The summed E-state index contributed by atoms with van der Waals surface area (Å²) in [4.78, 5) is 12.2. The number of rotatable bonds is 0. The van der Waals surface area contributed by atoms with Gasteiger partial charge in [0.05, 0.1) is 0 Å². The maximum Gasteiger partial charge on any atom is 0.167 e. The molecule has 3 nitrogen and oxygen atoms in total.